The first-order valence-electron chi connectivity index (χ1n) is 5.88. The summed E-state index contributed by atoms with van der Waals surface area (Å²) in [4.78, 5) is 0. The van der Waals surface area contributed by atoms with Gasteiger partial charge in [-0.25, -0.2) is 0 Å². The topological polar surface area (TPSA) is 38.0 Å². The van der Waals surface area contributed by atoms with E-state index < -0.39 is 11.7 Å². The second kappa shape index (κ2) is 5.66. The van der Waals surface area contributed by atoms with Crippen LogP contribution in [-0.2, 0) is 6.18 Å². The highest BCUT2D eigenvalue weighted by molar-refractivity contribution is 6.35. The lowest BCUT2D eigenvalue weighted by molar-refractivity contribution is -0.136. The predicted octanol–water partition coefficient (Wildman–Crippen LogP) is 5.65. The van der Waals surface area contributed by atoms with Crippen LogP contribution >= 0.6 is 23.2 Å². The fourth-order valence-electron chi connectivity index (χ4n) is 1.78. The zero-order valence-electron chi connectivity index (χ0n) is 10.9. The molecule has 0 fully saturated rings. The molecule has 0 saturated heterocycles. The van der Waals surface area contributed by atoms with Crippen LogP contribution in [0.25, 0.3) is 0 Å². The van der Waals surface area contributed by atoms with Crippen LogP contribution in [0.1, 0.15) is 11.1 Å². The smallest absolute Gasteiger partial charge is 0.398 e. The molecule has 7 heteroatoms. The number of nitrogens with two attached hydrogens (primary N) is 1. The van der Waals surface area contributed by atoms with Crippen LogP contribution in [-0.4, -0.2) is 0 Å². The van der Waals surface area contributed by atoms with Gasteiger partial charge < -0.3 is 11.1 Å². The molecular formula is C14H11Cl2F3N2. The Bertz CT molecular complexity index is 685. The molecule has 0 saturated carbocycles. The number of rotatable bonds is 2. The van der Waals surface area contributed by atoms with Crippen molar-refractivity contribution in [1.29, 1.82) is 0 Å². The van der Waals surface area contributed by atoms with Crippen LogP contribution in [0.5, 0.6) is 0 Å². The monoisotopic (exact) mass is 334 g/mol. The summed E-state index contributed by atoms with van der Waals surface area (Å²) >= 11 is 12.0. The summed E-state index contributed by atoms with van der Waals surface area (Å²) in [5.41, 5.74) is 5.53. The minimum Gasteiger partial charge on any atom is -0.398 e. The van der Waals surface area contributed by atoms with Gasteiger partial charge in [-0.05, 0) is 42.8 Å². The van der Waals surface area contributed by atoms with Gasteiger partial charge in [0.1, 0.15) is 0 Å². The van der Waals surface area contributed by atoms with Gasteiger partial charge in [-0.1, -0.05) is 23.2 Å². The third-order valence-electron chi connectivity index (χ3n) is 2.89. The van der Waals surface area contributed by atoms with Crippen molar-refractivity contribution in [2.75, 3.05) is 11.1 Å². The molecule has 2 nitrogen and oxygen atoms in total. The highest BCUT2D eigenvalue weighted by Crippen LogP contribution is 2.37. The van der Waals surface area contributed by atoms with Gasteiger partial charge in [0.25, 0.3) is 0 Å². The molecular weight excluding hydrogens is 324 g/mol. The maximum Gasteiger partial charge on any atom is 0.418 e. The first-order valence-corrected chi connectivity index (χ1v) is 6.63. The van der Waals surface area contributed by atoms with E-state index in [4.69, 9.17) is 28.9 Å². The zero-order chi connectivity index (χ0) is 15.8. The van der Waals surface area contributed by atoms with Crippen molar-refractivity contribution >= 4 is 40.3 Å². The number of nitrogen functional groups attached to an aromatic ring is 1. The molecule has 0 unspecified atom stereocenters. The highest BCUT2D eigenvalue weighted by atomic mass is 35.5. The number of alkyl halides is 3. The first kappa shape index (κ1) is 15.8. The van der Waals surface area contributed by atoms with Crippen molar-refractivity contribution < 1.29 is 13.2 Å². The van der Waals surface area contributed by atoms with Crippen molar-refractivity contribution in [2.24, 2.45) is 0 Å². The summed E-state index contributed by atoms with van der Waals surface area (Å²) in [7, 11) is 0. The van der Waals surface area contributed by atoms with Crippen LogP contribution < -0.4 is 11.1 Å². The van der Waals surface area contributed by atoms with Crippen molar-refractivity contribution in [1.82, 2.24) is 0 Å². The van der Waals surface area contributed by atoms with Crippen molar-refractivity contribution in [2.45, 2.75) is 13.1 Å². The molecule has 0 aromatic heterocycles. The van der Waals surface area contributed by atoms with E-state index in [9.17, 15) is 13.2 Å². The lowest BCUT2D eigenvalue weighted by Crippen LogP contribution is -2.09. The lowest BCUT2D eigenvalue weighted by atomic mass is 10.1. The molecule has 0 bridgehead atoms. The molecule has 0 aliphatic heterocycles. The number of hydrogen-bond acceptors (Lipinski definition) is 2. The van der Waals surface area contributed by atoms with Gasteiger partial charge >= 0.3 is 6.18 Å². The van der Waals surface area contributed by atoms with Gasteiger partial charge in [-0.15, -0.1) is 0 Å². The maximum atomic E-state index is 12.8. The van der Waals surface area contributed by atoms with Gasteiger partial charge in [0.05, 0.1) is 16.3 Å². The molecule has 2 aromatic carbocycles. The van der Waals surface area contributed by atoms with Crippen molar-refractivity contribution in [3.05, 3.63) is 51.5 Å². The van der Waals surface area contributed by atoms with Crippen LogP contribution in [0.2, 0.25) is 10.0 Å². The number of nitrogens with one attached hydrogen (secondary N) is 1. The zero-order valence-corrected chi connectivity index (χ0v) is 12.4. The number of aryl methyl sites for hydroxylation is 1. The second-order valence-corrected chi connectivity index (χ2v) is 5.32. The molecule has 2 aromatic rings. The van der Waals surface area contributed by atoms with Crippen LogP contribution in [0.15, 0.2) is 30.3 Å². The molecule has 3 N–H and O–H groups in total. The molecule has 0 radical (unpaired) electrons. The average Bonchev–Trinajstić information content (AvgIpc) is 2.37. The average molecular weight is 335 g/mol. The number of anilines is 3. The Morgan fingerprint density at radius 2 is 1.71 bits per heavy atom. The summed E-state index contributed by atoms with van der Waals surface area (Å²) in [6, 6.07) is 6.75. The summed E-state index contributed by atoms with van der Waals surface area (Å²) < 4.78 is 38.4. The summed E-state index contributed by atoms with van der Waals surface area (Å²) in [6.45, 7) is 1.78. The Morgan fingerprint density at radius 3 is 2.33 bits per heavy atom. The Labute approximate surface area is 129 Å². The normalized spacial score (nSPS) is 11.5. The minimum absolute atomic E-state index is 0.221. The minimum atomic E-state index is -4.52. The van der Waals surface area contributed by atoms with Crippen LogP contribution in [0.4, 0.5) is 30.2 Å². The van der Waals surface area contributed by atoms with E-state index >= 15 is 0 Å². The van der Waals surface area contributed by atoms with E-state index in [1.165, 1.54) is 12.1 Å². The molecule has 112 valence electrons. The largest absolute Gasteiger partial charge is 0.418 e. The van der Waals surface area contributed by atoms with E-state index in [1.54, 1.807) is 19.1 Å². The van der Waals surface area contributed by atoms with Crippen LogP contribution in [0, 0.1) is 6.92 Å². The third kappa shape index (κ3) is 3.54. The quantitative estimate of drug-likeness (QED) is 0.696. The van der Waals surface area contributed by atoms with Gasteiger partial charge in [0, 0.05) is 16.4 Å². The van der Waals surface area contributed by atoms with E-state index in [0.717, 1.165) is 11.6 Å². The Balaban J connectivity index is 2.39. The van der Waals surface area contributed by atoms with E-state index in [-0.39, 0.29) is 11.4 Å². The van der Waals surface area contributed by atoms with E-state index in [0.29, 0.717) is 15.7 Å². The Hall–Kier alpha value is -1.59. The Kier molecular flexibility index (Phi) is 4.25. The molecule has 21 heavy (non-hydrogen) atoms. The van der Waals surface area contributed by atoms with Gasteiger partial charge in [0.2, 0.25) is 0 Å². The van der Waals surface area contributed by atoms with E-state index in [2.05, 4.69) is 5.32 Å². The Morgan fingerprint density at radius 1 is 1.05 bits per heavy atom. The molecule has 0 spiro atoms. The van der Waals surface area contributed by atoms with Crippen molar-refractivity contribution in [3.63, 3.8) is 0 Å². The fraction of sp³-hybridized carbons (Fsp3) is 0.143. The fourth-order valence-corrected chi connectivity index (χ4v) is 2.21. The van der Waals surface area contributed by atoms with Gasteiger partial charge in [0.15, 0.2) is 0 Å². The summed E-state index contributed by atoms with van der Waals surface area (Å²) in [5.74, 6) is 0. The van der Waals surface area contributed by atoms with Gasteiger partial charge in [-0.3, -0.25) is 0 Å². The first-order chi connectivity index (χ1) is 9.68. The predicted molar refractivity (Wildman–Crippen MR) is 80.3 cm³/mol. The number of halogens is 5. The number of hydrogen-bond donors (Lipinski definition) is 2. The lowest BCUT2D eigenvalue weighted by Gasteiger charge is -2.14. The molecule has 0 aliphatic carbocycles. The summed E-state index contributed by atoms with van der Waals surface area (Å²) in [6.07, 6.45) is -4.52. The second-order valence-electron chi connectivity index (χ2n) is 4.51. The molecule has 0 atom stereocenters. The molecule has 0 aliphatic rings. The SMILES string of the molecule is Cc1cc(Cl)c(Nc2ccc(N)c(C(F)(F)F)c2)cc1Cl. The molecule has 2 rings (SSSR count). The highest BCUT2D eigenvalue weighted by Gasteiger charge is 2.33. The summed E-state index contributed by atoms with van der Waals surface area (Å²) in [5, 5.41) is 3.64. The van der Waals surface area contributed by atoms with Gasteiger partial charge in [-0.2, -0.15) is 13.2 Å². The van der Waals surface area contributed by atoms with Crippen molar-refractivity contribution in [3.8, 4) is 0 Å². The third-order valence-corrected chi connectivity index (χ3v) is 3.61. The van der Waals surface area contributed by atoms with Crippen LogP contribution in [0.3, 0.4) is 0 Å². The maximum absolute atomic E-state index is 12.8. The number of benzene rings is 2. The standard InChI is InChI=1S/C14H11Cl2F3N2/c1-7-4-11(16)13(6-10(7)15)21-8-2-3-12(20)9(5-8)14(17,18)19/h2-6,21H,20H2,1H3. The molecule has 0 amide bonds. The molecule has 0 heterocycles. The van der Waals surface area contributed by atoms with E-state index in [1.807, 2.05) is 0 Å².